The predicted molar refractivity (Wildman–Crippen MR) is 65.0 cm³/mol. The first-order valence-corrected chi connectivity index (χ1v) is 7.98. The standard InChI is InChI=1S/C11H22N2O2S/c1-9-2-4-13(7-10(9)6-12)11-3-5-16(14,15)8-11/h9-11H,2-8,12H2,1H3. The lowest BCUT2D eigenvalue weighted by atomic mass is 9.86. The summed E-state index contributed by atoms with van der Waals surface area (Å²) >= 11 is 0. The van der Waals surface area contributed by atoms with Gasteiger partial charge in [-0.15, -0.1) is 0 Å². The zero-order valence-electron chi connectivity index (χ0n) is 9.93. The van der Waals surface area contributed by atoms with E-state index in [9.17, 15) is 8.42 Å². The summed E-state index contributed by atoms with van der Waals surface area (Å²) in [5.41, 5.74) is 5.76. The highest BCUT2D eigenvalue weighted by Crippen LogP contribution is 2.27. The molecule has 0 radical (unpaired) electrons. The van der Waals surface area contributed by atoms with E-state index in [-0.39, 0.29) is 6.04 Å². The molecule has 0 bridgehead atoms. The predicted octanol–water partition coefficient (Wildman–Crippen LogP) is 0.0902. The average Bonchev–Trinajstić information content (AvgIpc) is 2.59. The van der Waals surface area contributed by atoms with Gasteiger partial charge in [-0.1, -0.05) is 6.92 Å². The fraction of sp³-hybridized carbons (Fsp3) is 1.00. The van der Waals surface area contributed by atoms with E-state index in [1.807, 2.05) is 0 Å². The first-order valence-electron chi connectivity index (χ1n) is 6.16. The van der Waals surface area contributed by atoms with E-state index < -0.39 is 9.84 Å². The summed E-state index contributed by atoms with van der Waals surface area (Å²) in [6, 6.07) is 0.256. The maximum atomic E-state index is 11.4. The van der Waals surface area contributed by atoms with Gasteiger partial charge in [0.15, 0.2) is 9.84 Å². The fourth-order valence-corrected chi connectivity index (χ4v) is 4.64. The molecule has 0 spiro atoms. The van der Waals surface area contributed by atoms with E-state index in [1.165, 1.54) is 0 Å². The van der Waals surface area contributed by atoms with Crippen LogP contribution in [0.1, 0.15) is 19.8 Å². The summed E-state index contributed by atoms with van der Waals surface area (Å²) in [7, 11) is -2.76. The molecular formula is C11H22N2O2S. The largest absolute Gasteiger partial charge is 0.330 e. The second kappa shape index (κ2) is 4.63. The van der Waals surface area contributed by atoms with Crippen LogP contribution in [0.2, 0.25) is 0 Å². The lowest BCUT2D eigenvalue weighted by Crippen LogP contribution is -2.47. The van der Waals surface area contributed by atoms with E-state index in [0.717, 1.165) is 32.5 Å². The van der Waals surface area contributed by atoms with Crippen LogP contribution in [0, 0.1) is 11.8 Å². The molecule has 0 aromatic heterocycles. The van der Waals surface area contributed by atoms with Crippen molar-refractivity contribution in [1.29, 1.82) is 0 Å². The van der Waals surface area contributed by atoms with Crippen LogP contribution in [-0.4, -0.2) is 50.5 Å². The molecule has 2 N–H and O–H groups in total. The lowest BCUT2D eigenvalue weighted by Gasteiger charge is -2.39. The maximum absolute atomic E-state index is 11.4. The van der Waals surface area contributed by atoms with Crippen molar-refractivity contribution in [2.75, 3.05) is 31.1 Å². The Bertz CT molecular complexity index is 342. The van der Waals surface area contributed by atoms with Crippen LogP contribution < -0.4 is 5.73 Å². The Balaban J connectivity index is 1.96. The highest BCUT2D eigenvalue weighted by Gasteiger charge is 2.35. The van der Waals surface area contributed by atoms with E-state index in [2.05, 4.69) is 11.8 Å². The highest BCUT2D eigenvalue weighted by molar-refractivity contribution is 7.91. The van der Waals surface area contributed by atoms with Gasteiger partial charge in [-0.05, 0) is 37.8 Å². The summed E-state index contributed by atoms with van der Waals surface area (Å²) < 4.78 is 22.9. The number of nitrogens with zero attached hydrogens (tertiary/aromatic N) is 1. The summed E-state index contributed by atoms with van der Waals surface area (Å²) in [6.45, 7) is 4.99. The molecule has 0 saturated carbocycles. The molecule has 3 atom stereocenters. The van der Waals surface area contributed by atoms with Gasteiger partial charge in [0.25, 0.3) is 0 Å². The van der Waals surface area contributed by atoms with Gasteiger partial charge in [0.05, 0.1) is 11.5 Å². The van der Waals surface area contributed by atoms with Gasteiger partial charge in [-0.2, -0.15) is 0 Å². The minimum absolute atomic E-state index is 0.256. The van der Waals surface area contributed by atoms with Crippen molar-refractivity contribution < 1.29 is 8.42 Å². The highest BCUT2D eigenvalue weighted by atomic mass is 32.2. The number of likely N-dealkylation sites (tertiary alicyclic amines) is 1. The molecule has 2 fully saturated rings. The number of rotatable bonds is 2. The summed E-state index contributed by atoms with van der Waals surface area (Å²) in [4.78, 5) is 2.35. The van der Waals surface area contributed by atoms with Gasteiger partial charge in [0, 0.05) is 12.6 Å². The van der Waals surface area contributed by atoms with Crippen LogP contribution in [0.25, 0.3) is 0 Å². The van der Waals surface area contributed by atoms with E-state index in [1.54, 1.807) is 0 Å². The molecule has 5 heteroatoms. The Labute approximate surface area is 98.1 Å². The monoisotopic (exact) mass is 246 g/mol. The Morgan fingerprint density at radius 1 is 1.38 bits per heavy atom. The summed E-state index contributed by atoms with van der Waals surface area (Å²) in [5.74, 6) is 1.95. The molecule has 2 heterocycles. The number of nitrogens with two attached hydrogens (primary N) is 1. The van der Waals surface area contributed by atoms with Crippen LogP contribution in [0.3, 0.4) is 0 Å². The molecule has 94 valence electrons. The summed E-state index contributed by atoms with van der Waals surface area (Å²) in [6.07, 6.45) is 1.96. The Morgan fingerprint density at radius 2 is 2.12 bits per heavy atom. The minimum Gasteiger partial charge on any atom is -0.330 e. The van der Waals surface area contributed by atoms with Gasteiger partial charge in [0.2, 0.25) is 0 Å². The minimum atomic E-state index is -2.76. The number of hydrogen-bond acceptors (Lipinski definition) is 4. The number of sulfone groups is 1. The number of hydrogen-bond donors (Lipinski definition) is 1. The van der Waals surface area contributed by atoms with Crippen LogP contribution in [0.5, 0.6) is 0 Å². The first-order chi connectivity index (χ1) is 7.52. The third-order valence-corrected chi connectivity index (χ3v) is 5.92. The van der Waals surface area contributed by atoms with Crippen molar-refractivity contribution >= 4 is 9.84 Å². The lowest BCUT2D eigenvalue weighted by molar-refractivity contribution is 0.100. The van der Waals surface area contributed by atoms with Crippen molar-refractivity contribution in [2.24, 2.45) is 17.6 Å². The molecule has 0 aliphatic carbocycles. The van der Waals surface area contributed by atoms with Crippen LogP contribution in [-0.2, 0) is 9.84 Å². The van der Waals surface area contributed by atoms with E-state index >= 15 is 0 Å². The molecule has 2 aliphatic rings. The third-order valence-electron chi connectivity index (χ3n) is 4.17. The molecular weight excluding hydrogens is 224 g/mol. The smallest absolute Gasteiger partial charge is 0.151 e. The van der Waals surface area contributed by atoms with Gasteiger partial charge >= 0.3 is 0 Å². The van der Waals surface area contributed by atoms with E-state index in [4.69, 9.17) is 5.73 Å². The van der Waals surface area contributed by atoms with Gasteiger partial charge in [0.1, 0.15) is 0 Å². The average molecular weight is 246 g/mol. The van der Waals surface area contributed by atoms with E-state index in [0.29, 0.717) is 23.3 Å². The Kier molecular flexibility index (Phi) is 3.56. The molecule has 3 unspecified atom stereocenters. The van der Waals surface area contributed by atoms with Crippen molar-refractivity contribution in [2.45, 2.75) is 25.8 Å². The zero-order chi connectivity index (χ0) is 11.8. The quantitative estimate of drug-likeness (QED) is 0.750. The second-order valence-electron chi connectivity index (χ2n) is 5.31. The third kappa shape index (κ3) is 2.57. The molecule has 16 heavy (non-hydrogen) atoms. The Hall–Kier alpha value is -0.130. The molecule has 0 aromatic rings. The summed E-state index contributed by atoms with van der Waals surface area (Å²) in [5, 5.41) is 0. The normalized spacial score (nSPS) is 40.0. The Morgan fingerprint density at radius 3 is 2.69 bits per heavy atom. The zero-order valence-corrected chi connectivity index (χ0v) is 10.7. The molecule has 2 saturated heterocycles. The maximum Gasteiger partial charge on any atom is 0.151 e. The van der Waals surface area contributed by atoms with Crippen LogP contribution >= 0.6 is 0 Å². The molecule has 2 rings (SSSR count). The van der Waals surface area contributed by atoms with Crippen LogP contribution in [0.4, 0.5) is 0 Å². The fourth-order valence-electron chi connectivity index (χ4n) is 2.88. The molecule has 0 aromatic carbocycles. The number of piperidine rings is 1. The molecule has 2 aliphatic heterocycles. The van der Waals surface area contributed by atoms with Crippen LogP contribution in [0.15, 0.2) is 0 Å². The molecule has 4 nitrogen and oxygen atoms in total. The van der Waals surface area contributed by atoms with Crippen molar-refractivity contribution in [3.63, 3.8) is 0 Å². The van der Waals surface area contributed by atoms with Crippen molar-refractivity contribution in [1.82, 2.24) is 4.90 Å². The van der Waals surface area contributed by atoms with Gasteiger partial charge < -0.3 is 5.73 Å². The SMILES string of the molecule is CC1CCN(C2CCS(=O)(=O)C2)CC1CN. The molecule has 0 amide bonds. The van der Waals surface area contributed by atoms with Crippen molar-refractivity contribution in [3.8, 4) is 0 Å². The van der Waals surface area contributed by atoms with Gasteiger partial charge in [-0.3, -0.25) is 4.90 Å². The van der Waals surface area contributed by atoms with Gasteiger partial charge in [-0.25, -0.2) is 8.42 Å². The van der Waals surface area contributed by atoms with Crippen molar-refractivity contribution in [3.05, 3.63) is 0 Å². The first kappa shape index (κ1) is 12.3. The topological polar surface area (TPSA) is 63.4 Å². The second-order valence-corrected chi connectivity index (χ2v) is 7.54.